The topological polar surface area (TPSA) is 42.2 Å². The maximum Gasteiger partial charge on any atom is 0.255 e. The van der Waals surface area contributed by atoms with Crippen LogP contribution < -0.4 is 5.32 Å². The molecule has 0 saturated carbocycles. The number of carbonyl (C=O) groups is 1. The fourth-order valence-corrected chi connectivity index (χ4v) is 1.83. The van der Waals surface area contributed by atoms with Crippen LogP contribution in [0.4, 0.5) is 5.69 Å². The average Bonchev–Trinajstić information content (AvgIpc) is 2.87. The number of rotatable bonds is 2. The molecule has 0 atom stereocenters. The van der Waals surface area contributed by atoms with Crippen LogP contribution >= 0.6 is 0 Å². The number of carbonyl (C=O) groups excluding carboxylic acids is 1. The molecular weight excluding hydrogens is 226 g/mol. The molecule has 0 saturated heterocycles. The van der Waals surface area contributed by atoms with Crippen molar-refractivity contribution in [3.63, 3.8) is 0 Å². The highest BCUT2D eigenvalue weighted by atomic mass is 16.3. The van der Waals surface area contributed by atoms with Gasteiger partial charge >= 0.3 is 0 Å². The number of fused-ring (bicyclic) bond motifs is 1. The number of amides is 1. The quantitative estimate of drug-likeness (QED) is 0.738. The van der Waals surface area contributed by atoms with Crippen molar-refractivity contribution in [1.29, 1.82) is 0 Å². The lowest BCUT2D eigenvalue weighted by Crippen LogP contribution is -2.11. The van der Waals surface area contributed by atoms with E-state index in [1.165, 1.54) is 0 Å². The van der Waals surface area contributed by atoms with Gasteiger partial charge in [0.2, 0.25) is 0 Å². The van der Waals surface area contributed by atoms with Crippen LogP contribution in [0.5, 0.6) is 0 Å². The number of furan rings is 1. The van der Waals surface area contributed by atoms with Crippen molar-refractivity contribution in [2.45, 2.75) is 0 Å². The summed E-state index contributed by atoms with van der Waals surface area (Å²) in [6, 6.07) is 16.6. The number of hydrogen-bond acceptors (Lipinski definition) is 2. The number of hydrogen-bond donors (Lipinski definition) is 1. The van der Waals surface area contributed by atoms with Crippen LogP contribution in [0.2, 0.25) is 0 Å². The van der Waals surface area contributed by atoms with Crippen LogP contribution in [-0.2, 0) is 0 Å². The van der Waals surface area contributed by atoms with E-state index in [-0.39, 0.29) is 5.91 Å². The molecule has 0 aliphatic rings. The third-order valence-corrected chi connectivity index (χ3v) is 2.75. The number of benzene rings is 2. The molecule has 1 amide bonds. The van der Waals surface area contributed by atoms with Crippen LogP contribution in [0.3, 0.4) is 0 Å². The highest BCUT2D eigenvalue weighted by molar-refractivity contribution is 6.06. The third-order valence-electron chi connectivity index (χ3n) is 2.75. The molecule has 3 heteroatoms. The van der Waals surface area contributed by atoms with Gasteiger partial charge in [0.1, 0.15) is 5.58 Å². The Balaban J connectivity index is 1.87. The Morgan fingerprint density at radius 2 is 1.83 bits per heavy atom. The number of para-hydroxylation sites is 1. The molecule has 0 bridgehead atoms. The number of anilines is 1. The Morgan fingerprint density at radius 3 is 2.67 bits per heavy atom. The van der Waals surface area contributed by atoms with Gasteiger partial charge < -0.3 is 9.73 Å². The van der Waals surface area contributed by atoms with Gasteiger partial charge in [0.05, 0.1) is 6.26 Å². The van der Waals surface area contributed by atoms with Crippen molar-refractivity contribution in [2.75, 3.05) is 5.32 Å². The second kappa shape index (κ2) is 4.37. The summed E-state index contributed by atoms with van der Waals surface area (Å²) < 4.78 is 5.24. The molecule has 3 nitrogen and oxygen atoms in total. The monoisotopic (exact) mass is 237 g/mol. The fourth-order valence-electron chi connectivity index (χ4n) is 1.83. The van der Waals surface area contributed by atoms with Crippen molar-refractivity contribution in [1.82, 2.24) is 0 Å². The Morgan fingerprint density at radius 1 is 1.00 bits per heavy atom. The first-order valence-electron chi connectivity index (χ1n) is 5.66. The highest BCUT2D eigenvalue weighted by Gasteiger charge is 2.07. The van der Waals surface area contributed by atoms with Gasteiger partial charge in [0, 0.05) is 16.6 Å². The minimum atomic E-state index is -0.121. The first-order valence-corrected chi connectivity index (χ1v) is 5.66. The molecule has 0 aliphatic heterocycles. The Bertz CT molecular complexity index is 686. The molecule has 0 radical (unpaired) electrons. The number of nitrogens with one attached hydrogen (secondary N) is 1. The van der Waals surface area contributed by atoms with E-state index in [9.17, 15) is 4.79 Å². The van der Waals surface area contributed by atoms with Crippen molar-refractivity contribution in [3.8, 4) is 0 Å². The first-order chi connectivity index (χ1) is 8.83. The summed E-state index contributed by atoms with van der Waals surface area (Å²) in [7, 11) is 0. The van der Waals surface area contributed by atoms with Crippen LogP contribution in [-0.4, -0.2) is 5.91 Å². The minimum absolute atomic E-state index is 0.121. The summed E-state index contributed by atoms with van der Waals surface area (Å²) in [5.41, 5.74) is 2.19. The molecule has 0 aliphatic carbocycles. The van der Waals surface area contributed by atoms with Crippen molar-refractivity contribution in [3.05, 3.63) is 66.4 Å². The Labute approximate surface area is 104 Å². The van der Waals surface area contributed by atoms with Gasteiger partial charge in [-0.15, -0.1) is 0 Å². The van der Waals surface area contributed by atoms with E-state index in [2.05, 4.69) is 5.32 Å². The fraction of sp³-hybridized carbons (Fsp3) is 0. The first kappa shape index (κ1) is 10.6. The highest BCUT2D eigenvalue weighted by Crippen LogP contribution is 2.18. The molecule has 0 spiro atoms. The smallest absolute Gasteiger partial charge is 0.255 e. The van der Waals surface area contributed by atoms with Crippen molar-refractivity contribution >= 4 is 22.6 Å². The molecule has 1 aromatic heterocycles. The summed E-state index contributed by atoms with van der Waals surface area (Å²) in [6.07, 6.45) is 1.61. The van der Waals surface area contributed by atoms with Gasteiger partial charge in [-0.05, 0) is 36.4 Å². The van der Waals surface area contributed by atoms with Crippen LogP contribution in [0.15, 0.2) is 65.3 Å². The van der Waals surface area contributed by atoms with E-state index < -0.39 is 0 Å². The molecule has 3 aromatic rings. The summed E-state index contributed by atoms with van der Waals surface area (Å²) in [6.45, 7) is 0. The third kappa shape index (κ3) is 1.98. The lowest BCUT2D eigenvalue weighted by molar-refractivity contribution is 0.102. The second-order valence-corrected chi connectivity index (χ2v) is 3.99. The van der Waals surface area contributed by atoms with Gasteiger partial charge in [-0.1, -0.05) is 18.2 Å². The zero-order valence-corrected chi connectivity index (χ0v) is 9.59. The molecule has 1 N–H and O–H groups in total. The van der Waals surface area contributed by atoms with E-state index >= 15 is 0 Å². The molecule has 88 valence electrons. The summed E-state index contributed by atoms with van der Waals surface area (Å²) in [5, 5.41) is 3.77. The van der Waals surface area contributed by atoms with Gasteiger partial charge in [-0.25, -0.2) is 0 Å². The minimum Gasteiger partial charge on any atom is -0.464 e. The molecule has 1 heterocycles. The van der Waals surface area contributed by atoms with Gasteiger partial charge in [-0.2, -0.15) is 0 Å². The summed E-state index contributed by atoms with van der Waals surface area (Å²) in [4.78, 5) is 12.0. The van der Waals surface area contributed by atoms with Crippen LogP contribution in [0.1, 0.15) is 10.4 Å². The van der Waals surface area contributed by atoms with Gasteiger partial charge in [0.25, 0.3) is 5.91 Å². The predicted molar refractivity (Wildman–Crippen MR) is 70.6 cm³/mol. The SMILES string of the molecule is O=C(Nc1ccccc1)c1ccc2occc2c1. The largest absolute Gasteiger partial charge is 0.464 e. The zero-order valence-electron chi connectivity index (χ0n) is 9.59. The van der Waals surface area contributed by atoms with Gasteiger partial charge in [-0.3, -0.25) is 4.79 Å². The normalized spacial score (nSPS) is 10.4. The predicted octanol–water partition coefficient (Wildman–Crippen LogP) is 3.69. The zero-order chi connectivity index (χ0) is 12.4. The Kier molecular flexibility index (Phi) is 2.57. The summed E-state index contributed by atoms with van der Waals surface area (Å²) in [5.74, 6) is -0.121. The Hall–Kier alpha value is -2.55. The maximum absolute atomic E-state index is 12.0. The molecule has 3 rings (SSSR count). The molecule has 2 aromatic carbocycles. The molecule has 0 fully saturated rings. The van der Waals surface area contributed by atoms with Crippen LogP contribution in [0.25, 0.3) is 11.0 Å². The van der Waals surface area contributed by atoms with E-state index in [4.69, 9.17) is 4.42 Å². The maximum atomic E-state index is 12.0. The van der Waals surface area contributed by atoms with Crippen LogP contribution in [0, 0.1) is 0 Å². The lowest BCUT2D eigenvalue weighted by Gasteiger charge is -2.04. The average molecular weight is 237 g/mol. The standard InChI is InChI=1S/C15H11NO2/c17-15(16-13-4-2-1-3-5-13)12-6-7-14-11(10-12)8-9-18-14/h1-10H,(H,16,17). The second-order valence-electron chi connectivity index (χ2n) is 3.99. The summed E-state index contributed by atoms with van der Waals surface area (Å²) >= 11 is 0. The van der Waals surface area contributed by atoms with E-state index in [0.29, 0.717) is 5.56 Å². The van der Waals surface area contributed by atoms with E-state index in [1.807, 2.05) is 42.5 Å². The lowest BCUT2D eigenvalue weighted by atomic mass is 10.1. The van der Waals surface area contributed by atoms with E-state index in [1.54, 1.807) is 18.4 Å². The molecule has 18 heavy (non-hydrogen) atoms. The van der Waals surface area contributed by atoms with Crippen molar-refractivity contribution in [2.24, 2.45) is 0 Å². The molecular formula is C15H11NO2. The van der Waals surface area contributed by atoms with E-state index in [0.717, 1.165) is 16.7 Å². The van der Waals surface area contributed by atoms with Crippen molar-refractivity contribution < 1.29 is 9.21 Å². The van der Waals surface area contributed by atoms with Gasteiger partial charge in [0.15, 0.2) is 0 Å². The molecule has 0 unspecified atom stereocenters.